The van der Waals surface area contributed by atoms with Crippen LogP contribution in [0.2, 0.25) is 0 Å². The molecule has 0 aromatic heterocycles. The van der Waals surface area contributed by atoms with Gasteiger partial charge >= 0.3 is 0 Å². The molecule has 1 heteroatoms. The van der Waals surface area contributed by atoms with E-state index in [1.165, 1.54) is 6.08 Å². The summed E-state index contributed by atoms with van der Waals surface area (Å²) in [7, 11) is 0. The van der Waals surface area contributed by atoms with Crippen LogP contribution < -0.4 is 0 Å². The molecular weight excluding hydrogens is 151 g/mol. The van der Waals surface area contributed by atoms with Crippen molar-refractivity contribution in [2.45, 2.75) is 34.1 Å². The summed E-state index contributed by atoms with van der Waals surface area (Å²) < 4.78 is 12.7. The Bertz CT molecular complexity index is 175. The standard InChI is InChI=1S/C9H13F.C2H6/c1-5-8(4)9(10)6-7(2)3;1-2/h6H,2,4-5H2,1,3H3;1-2H3/b9-6+;. The van der Waals surface area contributed by atoms with Crippen LogP contribution in [0.25, 0.3) is 0 Å². The van der Waals surface area contributed by atoms with Gasteiger partial charge in [-0.2, -0.15) is 0 Å². The lowest BCUT2D eigenvalue weighted by atomic mass is 10.2. The minimum atomic E-state index is -0.255. The SMILES string of the molecule is C=C(C)/C=C(/F)C(=C)CC.CC. The first kappa shape index (κ1) is 13.7. The first-order chi connectivity index (χ1) is 5.57. The molecule has 0 aliphatic carbocycles. The largest absolute Gasteiger partial charge is 0.207 e. The highest BCUT2D eigenvalue weighted by atomic mass is 19.1. The number of rotatable bonds is 3. The third kappa shape index (κ3) is 7.26. The second-order valence-corrected chi connectivity index (χ2v) is 2.30. The maximum absolute atomic E-state index is 12.7. The van der Waals surface area contributed by atoms with Crippen molar-refractivity contribution in [3.8, 4) is 0 Å². The molecule has 0 heterocycles. The second-order valence-electron chi connectivity index (χ2n) is 2.30. The summed E-state index contributed by atoms with van der Waals surface area (Å²) in [5.41, 5.74) is 1.25. The molecule has 0 rings (SSSR count). The van der Waals surface area contributed by atoms with Crippen molar-refractivity contribution >= 4 is 0 Å². The molecule has 0 radical (unpaired) electrons. The Labute approximate surface area is 75.5 Å². The zero-order valence-electron chi connectivity index (χ0n) is 8.58. The molecular formula is C11H19F. The molecule has 0 spiro atoms. The van der Waals surface area contributed by atoms with Crippen LogP contribution >= 0.6 is 0 Å². The van der Waals surface area contributed by atoms with E-state index in [2.05, 4.69) is 13.2 Å². The summed E-state index contributed by atoms with van der Waals surface area (Å²) in [6, 6.07) is 0. The third-order valence-corrected chi connectivity index (χ3v) is 1.14. The van der Waals surface area contributed by atoms with Crippen LogP contribution in [-0.4, -0.2) is 0 Å². The Hall–Kier alpha value is -0.850. The Balaban J connectivity index is 0. The second kappa shape index (κ2) is 8.25. The van der Waals surface area contributed by atoms with E-state index in [1.54, 1.807) is 6.92 Å². The first-order valence-corrected chi connectivity index (χ1v) is 4.28. The molecule has 0 aromatic carbocycles. The Kier molecular flexibility index (Phi) is 9.43. The van der Waals surface area contributed by atoms with Gasteiger partial charge in [-0.3, -0.25) is 0 Å². The van der Waals surface area contributed by atoms with E-state index < -0.39 is 0 Å². The summed E-state index contributed by atoms with van der Waals surface area (Å²) in [5, 5.41) is 0. The fourth-order valence-corrected chi connectivity index (χ4v) is 0.487. The summed E-state index contributed by atoms with van der Waals surface area (Å²) in [5.74, 6) is -0.255. The first-order valence-electron chi connectivity index (χ1n) is 4.28. The molecule has 0 aromatic rings. The lowest BCUT2D eigenvalue weighted by Gasteiger charge is -1.96. The van der Waals surface area contributed by atoms with E-state index in [1.807, 2.05) is 20.8 Å². The fraction of sp³-hybridized carbons (Fsp3) is 0.455. The molecule has 0 bridgehead atoms. The highest BCUT2D eigenvalue weighted by Gasteiger charge is 1.96. The van der Waals surface area contributed by atoms with E-state index >= 15 is 0 Å². The van der Waals surface area contributed by atoms with Crippen molar-refractivity contribution in [3.63, 3.8) is 0 Å². The van der Waals surface area contributed by atoms with Gasteiger partial charge in [0.1, 0.15) is 5.83 Å². The van der Waals surface area contributed by atoms with Gasteiger partial charge in [0.05, 0.1) is 0 Å². The van der Waals surface area contributed by atoms with E-state index in [0.717, 1.165) is 0 Å². The van der Waals surface area contributed by atoms with Crippen molar-refractivity contribution in [1.29, 1.82) is 0 Å². The van der Waals surface area contributed by atoms with E-state index in [9.17, 15) is 4.39 Å². The monoisotopic (exact) mass is 170 g/mol. The van der Waals surface area contributed by atoms with Gasteiger partial charge in [-0.15, -0.1) is 0 Å². The van der Waals surface area contributed by atoms with Gasteiger partial charge in [0.15, 0.2) is 0 Å². The molecule has 0 amide bonds. The molecule has 0 saturated heterocycles. The number of allylic oxidation sites excluding steroid dienone is 4. The average molecular weight is 170 g/mol. The molecule has 0 fully saturated rings. The predicted molar refractivity (Wildman–Crippen MR) is 54.8 cm³/mol. The Morgan fingerprint density at radius 3 is 2.00 bits per heavy atom. The highest BCUT2D eigenvalue weighted by molar-refractivity contribution is 5.28. The summed E-state index contributed by atoms with van der Waals surface area (Å²) >= 11 is 0. The molecule has 12 heavy (non-hydrogen) atoms. The average Bonchev–Trinajstić information content (AvgIpc) is 2.05. The van der Waals surface area contributed by atoms with E-state index in [-0.39, 0.29) is 5.83 Å². The summed E-state index contributed by atoms with van der Waals surface area (Å²) in [6.45, 7) is 14.7. The number of halogens is 1. The zero-order valence-corrected chi connectivity index (χ0v) is 8.58. The molecule has 0 unspecified atom stereocenters. The summed E-state index contributed by atoms with van der Waals surface area (Å²) in [4.78, 5) is 0. The van der Waals surface area contributed by atoms with Crippen LogP contribution in [0.15, 0.2) is 36.2 Å². The molecule has 0 nitrogen and oxygen atoms in total. The van der Waals surface area contributed by atoms with Gasteiger partial charge in [-0.25, -0.2) is 4.39 Å². The number of hydrogen-bond donors (Lipinski definition) is 0. The van der Waals surface area contributed by atoms with Crippen molar-refractivity contribution in [2.24, 2.45) is 0 Å². The van der Waals surface area contributed by atoms with E-state index in [4.69, 9.17) is 0 Å². The topological polar surface area (TPSA) is 0 Å². The molecule has 0 aliphatic rings. The quantitative estimate of drug-likeness (QED) is 0.550. The van der Waals surface area contributed by atoms with Crippen LogP contribution in [0.4, 0.5) is 4.39 Å². The highest BCUT2D eigenvalue weighted by Crippen LogP contribution is 2.13. The van der Waals surface area contributed by atoms with Crippen LogP contribution in [0.1, 0.15) is 34.1 Å². The Morgan fingerprint density at radius 1 is 1.33 bits per heavy atom. The molecule has 0 atom stereocenters. The fourth-order valence-electron chi connectivity index (χ4n) is 0.487. The normalized spacial score (nSPS) is 9.92. The third-order valence-electron chi connectivity index (χ3n) is 1.14. The Morgan fingerprint density at radius 2 is 1.75 bits per heavy atom. The molecule has 0 aliphatic heterocycles. The minimum absolute atomic E-state index is 0.255. The van der Waals surface area contributed by atoms with Gasteiger partial charge < -0.3 is 0 Å². The lowest BCUT2D eigenvalue weighted by Crippen LogP contribution is -1.78. The van der Waals surface area contributed by atoms with Gasteiger partial charge in [-0.05, 0) is 25.0 Å². The minimum Gasteiger partial charge on any atom is -0.207 e. The maximum atomic E-state index is 12.7. The van der Waals surface area contributed by atoms with Crippen molar-refractivity contribution in [3.05, 3.63) is 36.2 Å². The smallest absolute Gasteiger partial charge is 0.126 e. The summed E-state index contributed by atoms with van der Waals surface area (Å²) in [6.07, 6.45) is 2.04. The molecule has 70 valence electrons. The predicted octanol–water partition coefficient (Wildman–Crippen LogP) is 4.41. The number of hydrogen-bond acceptors (Lipinski definition) is 0. The van der Waals surface area contributed by atoms with Crippen molar-refractivity contribution < 1.29 is 4.39 Å². The molecule has 0 saturated carbocycles. The van der Waals surface area contributed by atoms with Crippen LogP contribution in [-0.2, 0) is 0 Å². The van der Waals surface area contributed by atoms with Gasteiger partial charge in [0.2, 0.25) is 0 Å². The van der Waals surface area contributed by atoms with Crippen LogP contribution in [0.3, 0.4) is 0 Å². The van der Waals surface area contributed by atoms with Crippen molar-refractivity contribution in [2.75, 3.05) is 0 Å². The van der Waals surface area contributed by atoms with E-state index in [0.29, 0.717) is 17.6 Å². The zero-order chi connectivity index (χ0) is 10.1. The van der Waals surface area contributed by atoms with Gasteiger partial charge in [0, 0.05) is 0 Å². The van der Waals surface area contributed by atoms with Gasteiger partial charge in [0.25, 0.3) is 0 Å². The lowest BCUT2D eigenvalue weighted by molar-refractivity contribution is 0.643. The van der Waals surface area contributed by atoms with Crippen LogP contribution in [0, 0.1) is 0 Å². The van der Waals surface area contributed by atoms with Gasteiger partial charge in [-0.1, -0.05) is 39.5 Å². The van der Waals surface area contributed by atoms with Crippen molar-refractivity contribution in [1.82, 2.24) is 0 Å². The maximum Gasteiger partial charge on any atom is 0.126 e. The van der Waals surface area contributed by atoms with Crippen LogP contribution in [0.5, 0.6) is 0 Å². The molecule has 0 N–H and O–H groups in total.